The normalized spacial score (nSPS) is 22.8. The van der Waals surface area contributed by atoms with Gasteiger partial charge < -0.3 is 19.3 Å². The Bertz CT molecular complexity index is 762. The summed E-state index contributed by atoms with van der Waals surface area (Å²) < 4.78 is 13.2. The average Bonchev–Trinajstić information content (AvgIpc) is 3.20. The quantitative estimate of drug-likeness (QED) is 0.630. The third-order valence-electron chi connectivity index (χ3n) is 6.81. The van der Waals surface area contributed by atoms with Crippen molar-refractivity contribution < 1.29 is 19.1 Å². The van der Waals surface area contributed by atoms with Gasteiger partial charge in [0.1, 0.15) is 0 Å². The fourth-order valence-electron chi connectivity index (χ4n) is 4.71. The summed E-state index contributed by atoms with van der Waals surface area (Å²) in [6, 6.07) is 0. The van der Waals surface area contributed by atoms with E-state index in [1.807, 2.05) is 21.4 Å². The van der Waals surface area contributed by atoms with Gasteiger partial charge in [0.05, 0.1) is 31.5 Å². The highest BCUT2D eigenvalue weighted by Gasteiger charge is 2.27. The van der Waals surface area contributed by atoms with E-state index in [0.29, 0.717) is 38.3 Å². The molecule has 0 aromatic carbocycles. The summed E-state index contributed by atoms with van der Waals surface area (Å²) in [5.41, 5.74) is 1.52. The first kappa shape index (κ1) is 23.2. The predicted molar refractivity (Wildman–Crippen MR) is 119 cm³/mol. The van der Waals surface area contributed by atoms with E-state index in [1.54, 1.807) is 6.20 Å². The number of piperazine rings is 1. The van der Waals surface area contributed by atoms with E-state index in [4.69, 9.17) is 9.47 Å². The number of aromatic nitrogens is 2. The second-order valence-corrected chi connectivity index (χ2v) is 9.04. The van der Waals surface area contributed by atoms with Gasteiger partial charge in [-0.3, -0.25) is 19.2 Å². The second kappa shape index (κ2) is 11.2. The Morgan fingerprint density at radius 2 is 1.81 bits per heavy atom. The van der Waals surface area contributed by atoms with Crippen LogP contribution < -0.4 is 0 Å². The van der Waals surface area contributed by atoms with Crippen LogP contribution >= 0.6 is 0 Å². The lowest BCUT2D eigenvalue weighted by Crippen LogP contribution is -2.52. The molecular formula is C23H37N5O4. The van der Waals surface area contributed by atoms with Gasteiger partial charge in [0.15, 0.2) is 6.29 Å². The Kier molecular flexibility index (Phi) is 8.15. The molecule has 1 aromatic rings. The van der Waals surface area contributed by atoms with Gasteiger partial charge in [-0.1, -0.05) is 0 Å². The van der Waals surface area contributed by atoms with E-state index < -0.39 is 0 Å². The molecule has 0 spiro atoms. The average molecular weight is 448 g/mol. The first-order valence-corrected chi connectivity index (χ1v) is 12.2. The van der Waals surface area contributed by atoms with Crippen molar-refractivity contribution in [3.8, 4) is 0 Å². The van der Waals surface area contributed by atoms with Crippen LogP contribution in [-0.2, 0) is 20.8 Å². The number of amides is 2. The first-order chi connectivity index (χ1) is 15.6. The minimum absolute atomic E-state index is 0.0206. The lowest BCUT2D eigenvalue weighted by atomic mass is 10.1. The molecule has 1 aromatic heterocycles. The number of hydrogen-bond donors (Lipinski definition) is 0. The fraction of sp³-hybridized carbons (Fsp3) is 0.783. The van der Waals surface area contributed by atoms with Gasteiger partial charge in [0, 0.05) is 51.6 Å². The summed E-state index contributed by atoms with van der Waals surface area (Å²) in [6.07, 6.45) is 8.19. The summed E-state index contributed by atoms with van der Waals surface area (Å²) in [5, 5.41) is 4.41. The van der Waals surface area contributed by atoms with Crippen LogP contribution in [0.4, 0.5) is 0 Å². The summed E-state index contributed by atoms with van der Waals surface area (Å²) in [5.74, 6) is 0.245. The molecule has 3 aliphatic heterocycles. The zero-order chi connectivity index (χ0) is 22.3. The van der Waals surface area contributed by atoms with Crippen LogP contribution in [0, 0.1) is 6.92 Å². The molecule has 3 fully saturated rings. The summed E-state index contributed by atoms with van der Waals surface area (Å²) >= 11 is 0. The topological polar surface area (TPSA) is 80.1 Å². The monoisotopic (exact) mass is 447 g/mol. The molecule has 0 radical (unpaired) electrons. The highest BCUT2D eigenvalue weighted by molar-refractivity contribution is 5.95. The number of carbonyl (C=O) groups excluding carboxylic acids is 2. The van der Waals surface area contributed by atoms with Gasteiger partial charge in [-0.25, -0.2) is 0 Å². The lowest BCUT2D eigenvalue weighted by molar-refractivity contribution is -0.163. The largest absolute Gasteiger partial charge is 0.353 e. The maximum Gasteiger partial charge on any atom is 0.257 e. The molecule has 3 saturated heterocycles. The van der Waals surface area contributed by atoms with Crippen molar-refractivity contribution in [2.24, 2.45) is 0 Å². The van der Waals surface area contributed by atoms with Crippen LogP contribution in [0.2, 0.25) is 0 Å². The molecule has 4 heterocycles. The van der Waals surface area contributed by atoms with Crippen molar-refractivity contribution in [1.29, 1.82) is 0 Å². The van der Waals surface area contributed by atoms with Gasteiger partial charge in [-0.2, -0.15) is 5.10 Å². The minimum Gasteiger partial charge on any atom is -0.353 e. The third kappa shape index (κ3) is 5.88. The first-order valence-electron chi connectivity index (χ1n) is 12.2. The lowest BCUT2D eigenvalue weighted by Gasteiger charge is -2.36. The van der Waals surface area contributed by atoms with E-state index in [0.717, 1.165) is 70.6 Å². The van der Waals surface area contributed by atoms with Gasteiger partial charge >= 0.3 is 0 Å². The van der Waals surface area contributed by atoms with E-state index in [2.05, 4.69) is 10.00 Å². The Morgan fingerprint density at radius 3 is 2.53 bits per heavy atom. The van der Waals surface area contributed by atoms with Crippen LogP contribution in [0.25, 0.3) is 0 Å². The third-order valence-corrected chi connectivity index (χ3v) is 6.81. The molecule has 32 heavy (non-hydrogen) atoms. The van der Waals surface area contributed by atoms with E-state index >= 15 is 0 Å². The Labute approximate surface area is 190 Å². The molecule has 9 nitrogen and oxygen atoms in total. The molecule has 0 aliphatic carbocycles. The Morgan fingerprint density at radius 1 is 1.03 bits per heavy atom. The smallest absolute Gasteiger partial charge is 0.257 e. The number of carbonyl (C=O) groups is 2. The van der Waals surface area contributed by atoms with E-state index in [9.17, 15) is 9.59 Å². The van der Waals surface area contributed by atoms with Crippen LogP contribution in [-0.4, -0.2) is 102 Å². The van der Waals surface area contributed by atoms with Crippen LogP contribution in [0.15, 0.2) is 6.20 Å². The number of ether oxygens (including phenoxy) is 2. The number of piperidine rings is 1. The van der Waals surface area contributed by atoms with Gasteiger partial charge in [0.2, 0.25) is 5.91 Å². The van der Waals surface area contributed by atoms with Crippen LogP contribution in [0.5, 0.6) is 0 Å². The number of likely N-dealkylation sites (tertiary alicyclic amines) is 1. The number of hydrogen-bond acceptors (Lipinski definition) is 6. The molecule has 1 atom stereocenters. The minimum atomic E-state index is -0.112. The van der Waals surface area contributed by atoms with Crippen molar-refractivity contribution in [1.82, 2.24) is 24.5 Å². The molecule has 0 bridgehead atoms. The summed E-state index contributed by atoms with van der Waals surface area (Å²) in [4.78, 5) is 31.6. The Hall–Kier alpha value is -1.97. The summed E-state index contributed by atoms with van der Waals surface area (Å²) in [6.45, 7) is 8.80. The van der Waals surface area contributed by atoms with Crippen molar-refractivity contribution in [3.05, 3.63) is 17.5 Å². The van der Waals surface area contributed by atoms with E-state index in [-0.39, 0.29) is 18.1 Å². The van der Waals surface area contributed by atoms with Gasteiger partial charge in [0.25, 0.3) is 5.91 Å². The maximum absolute atomic E-state index is 13.1. The van der Waals surface area contributed by atoms with Crippen LogP contribution in [0.1, 0.15) is 54.6 Å². The zero-order valence-electron chi connectivity index (χ0n) is 19.3. The predicted octanol–water partition coefficient (Wildman–Crippen LogP) is 1.51. The van der Waals surface area contributed by atoms with Crippen molar-refractivity contribution in [2.75, 3.05) is 59.0 Å². The number of rotatable bonds is 7. The maximum atomic E-state index is 13.1. The highest BCUT2D eigenvalue weighted by Crippen LogP contribution is 2.16. The molecule has 178 valence electrons. The van der Waals surface area contributed by atoms with Gasteiger partial charge in [-0.15, -0.1) is 0 Å². The molecule has 4 rings (SSSR count). The molecule has 0 saturated carbocycles. The SMILES string of the molecule is Cc1c(C(=O)N2CCN(CC(=O)N3CCCCC3)CC2)cnn1CCOC1CCCCO1. The van der Waals surface area contributed by atoms with Crippen molar-refractivity contribution in [2.45, 2.75) is 58.3 Å². The second-order valence-electron chi connectivity index (χ2n) is 9.04. The van der Waals surface area contributed by atoms with Crippen LogP contribution in [0.3, 0.4) is 0 Å². The van der Waals surface area contributed by atoms with Crippen molar-refractivity contribution >= 4 is 11.8 Å². The molecule has 0 N–H and O–H groups in total. The fourth-order valence-corrected chi connectivity index (χ4v) is 4.71. The highest BCUT2D eigenvalue weighted by atomic mass is 16.7. The number of nitrogens with zero attached hydrogens (tertiary/aromatic N) is 5. The molecular weight excluding hydrogens is 410 g/mol. The van der Waals surface area contributed by atoms with Gasteiger partial charge in [-0.05, 0) is 45.4 Å². The summed E-state index contributed by atoms with van der Waals surface area (Å²) in [7, 11) is 0. The zero-order valence-corrected chi connectivity index (χ0v) is 19.3. The standard InChI is InChI=1S/C23H37N5O4/c1-19-20(17-24-28(19)14-16-32-22-7-3-6-15-31-22)23(30)27-12-10-25(11-13-27)18-21(29)26-8-4-2-5-9-26/h17,22H,2-16,18H2,1H3. The Balaban J connectivity index is 1.22. The van der Waals surface area contributed by atoms with E-state index in [1.165, 1.54) is 6.42 Å². The molecule has 1 unspecified atom stereocenters. The molecule has 2 amide bonds. The molecule has 3 aliphatic rings. The molecule has 9 heteroatoms. The van der Waals surface area contributed by atoms with Crippen molar-refractivity contribution in [3.63, 3.8) is 0 Å².